The third kappa shape index (κ3) is 17.8. The van der Waals surface area contributed by atoms with E-state index in [0.717, 1.165) is 0 Å². The molecular weight excluding hydrogens is 295 g/mol. The van der Waals surface area contributed by atoms with Crippen LogP contribution >= 0.6 is 0 Å². The van der Waals surface area contributed by atoms with Crippen LogP contribution in [0.2, 0.25) is 0 Å². The Morgan fingerprint density at radius 3 is 1.08 bits per heavy atom. The van der Waals surface area contributed by atoms with Gasteiger partial charge in [-0.15, -0.1) is 8.67 Å². The van der Waals surface area contributed by atoms with Gasteiger partial charge < -0.3 is 9.11 Å². The molecule has 0 N–H and O–H groups in total. The molecule has 0 rings (SSSR count). The van der Waals surface area contributed by atoms with Crippen LogP contribution in [-0.4, -0.2) is 77.3 Å². The Hall–Kier alpha value is 1.90. The van der Waals surface area contributed by atoms with Gasteiger partial charge in [0.2, 0.25) is 20.8 Å². The van der Waals surface area contributed by atoms with Crippen molar-refractivity contribution in [2.45, 2.75) is 0 Å². The normalized spacial score (nSPS) is 11.2. The average molecular weight is 295 g/mol. The van der Waals surface area contributed by atoms with Crippen LogP contribution in [0, 0.1) is 0 Å². The van der Waals surface area contributed by atoms with Crippen molar-refractivity contribution in [2.75, 3.05) is 0 Å². The minimum absolute atomic E-state index is 0. The molecule has 0 aliphatic carbocycles. The molecule has 12 heavy (non-hydrogen) atoms. The van der Waals surface area contributed by atoms with Gasteiger partial charge in [-0.25, -0.2) is 16.8 Å². The van der Waals surface area contributed by atoms with Crippen molar-refractivity contribution in [1.29, 1.82) is 0 Å². The van der Waals surface area contributed by atoms with Crippen molar-refractivity contribution in [3.63, 3.8) is 0 Å². The van der Waals surface area contributed by atoms with Crippen molar-refractivity contribution in [3.8, 4) is 0 Å². The van der Waals surface area contributed by atoms with Crippen LogP contribution in [0.5, 0.6) is 0 Å². The second-order valence-corrected chi connectivity index (χ2v) is 2.86. The minimum Gasteiger partial charge on any atom is -0.724 e. The van der Waals surface area contributed by atoms with Gasteiger partial charge in [0.15, 0.2) is 0 Å². The maximum Gasteiger partial charge on any atom is 2.00 e. The first-order chi connectivity index (χ1) is 4.21. The summed E-state index contributed by atoms with van der Waals surface area (Å²) in [5, 5.41) is 0. The molecule has 0 aromatic carbocycles. The minimum atomic E-state index is -5.31. The quantitative estimate of drug-likeness (QED) is 0.183. The topological polar surface area (TPSA) is 133 Å². The largest absolute Gasteiger partial charge is 2.00 e. The summed E-state index contributed by atoms with van der Waals surface area (Å²) >= 11 is 0. The molecule has 0 aromatic rings. The van der Waals surface area contributed by atoms with Crippen LogP contribution in [-0.2, 0) is 46.5 Å². The van der Waals surface area contributed by atoms with Crippen molar-refractivity contribution in [3.05, 3.63) is 0 Å². The summed E-state index contributed by atoms with van der Waals surface area (Å²) in [6.07, 6.45) is 0. The van der Waals surface area contributed by atoms with E-state index >= 15 is 0 Å². The van der Waals surface area contributed by atoms with Gasteiger partial charge in [0.25, 0.3) is 0 Å². The summed E-state index contributed by atoms with van der Waals surface area (Å²) in [7, 11) is -10.6. The van der Waals surface area contributed by atoms with E-state index in [2.05, 4.69) is 8.67 Å². The average Bonchev–Trinajstić information content (AvgIpc) is 1.57. The molecule has 0 unspecified atom stereocenters. The van der Waals surface area contributed by atoms with Gasteiger partial charge in [-0.3, -0.25) is 0 Å². The third-order valence-electron chi connectivity index (χ3n) is 0.194. The molecule has 0 amide bonds. The van der Waals surface area contributed by atoms with Crippen molar-refractivity contribution in [1.82, 2.24) is 0 Å². The molecule has 0 aliphatic rings. The summed E-state index contributed by atoms with van der Waals surface area (Å²) in [4.78, 5) is 0. The molecule has 72 valence electrons. The molecule has 0 atom stereocenters. The fourth-order valence-corrected chi connectivity index (χ4v) is 0.612. The number of rotatable bonds is 3. The third-order valence-corrected chi connectivity index (χ3v) is 0.750. The van der Waals surface area contributed by atoms with E-state index in [9.17, 15) is 25.9 Å². The van der Waals surface area contributed by atoms with Gasteiger partial charge in [-0.2, -0.15) is 0 Å². The Kier molecular flexibility index (Phi) is 11.7. The zero-order chi connectivity index (χ0) is 8.41. The molecule has 0 saturated heterocycles. The van der Waals surface area contributed by atoms with E-state index < -0.39 is 20.8 Å². The van der Waals surface area contributed by atoms with E-state index in [1.807, 2.05) is 0 Å². The predicted octanol–water partition coefficient (Wildman–Crippen LogP) is -2.53. The molecule has 8 nitrogen and oxygen atoms in total. The summed E-state index contributed by atoms with van der Waals surface area (Å²) in [5.74, 6) is 0. The molecule has 0 aromatic heterocycles. The van der Waals surface area contributed by atoms with E-state index in [0.29, 0.717) is 0 Å². The molecule has 0 fully saturated rings. The SMILES string of the molecule is O=S(=O)([O-])OOS(=O)(=O)[O-].[Cu+2].[K]. The van der Waals surface area contributed by atoms with Crippen LogP contribution in [0.1, 0.15) is 0 Å². The fraction of sp³-hybridized carbons (Fsp3) is 0. The summed E-state index contributed by atoms with van der Waals surface area (Å²) in [6.45, 7) is 0. The van der Waals surface area contributed by atoms with Crippen molar-refractivity contribution < 1.29 is 51.7 Å². The van der Waals surface area contributed by atoms with Gasteiger partial charge in [-0.1, -0.05) is 0 Å². The Balaban J connectivity index is -0.000000405. The van der Waals surface area contributed by atoms with Crippen LogP contribution in [0.4, 0.5) is 0 Å². The summed E-state index contributed by atoms with van der Waals surface area (Å²) < 4.78 is 61.5. The zero-order valence-corrected chi connectivity index (χ0v) is 11.1. The first-order valence-electron chi connectivity index (χ1n) is 1.50. The molecule has 0 aliphatic heterocycles. The van der Waals surface area contributed by atoms with E-state index in [4.69, 9.17) is 0 Å². The van der Waals surface area contributed by atoms with Crippen molar-refractivity contribution >= 4 is 72.2 Å². The second-order valence-electron chi connectivity index (χ2n) is 0.953. The first-order valence-corrected chi connectivity index (χ1v) is 4.17. The summed E-state index contributed by atoms with van der Waals surface area (Å²) in [6, 6.07) is 0. The van der Waals surface area contributed by atoms with E-state index in [-0.39, 0.29) is 68.5 Å². The van der Waals surface area contributed by atoms with E-state index in [1.165, 1.54) is 0 Å². The van der Waals surface area contributed by atoms with Gasteiger partial charge in [0, 0.05) is 51.4 Å². The molecule has 0 bridgehead atoms. The predicted molar refractivity (Wildman–Crippen MR) is 27.3 cm³/mol. The van der Waals surface area contributed by atoms with Gasteiger partial charge in [0.05, 0.1) is 0 Å². The number of hydrogen-bond acceptors (Lipinski definition) is 8. The van der Waals surface area contributed by atoms with Gasteiger partial charge in [-0.05, 0) is 0 Å². The maximum atomic E-state index is 9.37. The van der Waals surface area contributed by atoms with Crippen molar-refractivity contribution in [2.24, 2.45) is 0 Å². The molecule has 0 heterocycles. The zero-order valence-electron chi connectivity index (χ0n) is 5.38. The van der Waals surface area contributed by atoms with Gasteiger partial charge in [0.1, 0.15) is 0 Å². The molecule has 0 spiro atoms. The van der Waals surface area contributed by atoms with Gasteiger partial charge >= 0.3 is 17.1 Å². The standard InChI is InChI=1S/Cu.K.H2O8S2/c;;1-9(2,3)7-8-10(4,5)6/h;;(H,1,2,3)(H,4,5,6)/q+2;;/p-2. The Bertz CT molecular complexity index is 253. The second kappa shape index (κ2) is 7.22. The van der Waals surface area contributed by atoms with Crippen LogP contribution in [0.3, 0.4) is 0 Å². The van der Waals surface area contributed by atoms with Crippen LogP contribution in [0.15, 0.2) is 0 Å². The monoisotopic (exact) mass is 294 g/mol. The van der Waals surface area contributed by atoms with Crippen LogP contribution < -0.4 is 0 Å². The summed E-state index contributed by atoms with van der Waals surface area (Å²) in [5.41, 5.74) is 0. The first kappa shape index (κ1) is 19.5. The number of hydrogen-bond donors (Lipinski definition) is 0. The van der Waals surface area contributed by atoms with E-state index in [1.54, 1.807) is 0 Å². The fourth-order valence-electron chi connectivity index (χ4n) is 0.0680. The smallest absolute Gasteiger partial charge is 0.724 e. The Morgan fingerprint density at radius 2 is 1.00 bits per heavy atom. The molecule has 0 saturated carbocycles. The van der Waals surface area contributed by atoms with Crippen LogP contribution in [0.25, 0.3) is 0 Å². The molecule has 12 heteroatoms. The maximum absolute atomic E-state index is 9.37. The molecule has 2 radical (unpaired) electrons. The molecular formula is CuKO8S2. The Morgan fingerprint density at radius 1 is 0.833 bits per heavy atom. The Labute approximate surface area is 122 Å².